The molecule has 1 amide bonds. The first kappa shape index (κ1) is 18.0. The number of pyridine rings is 1. The van der Waals surface area contributed by atoms with E-state index in [2.05, 4.69) is 15.3 Å². The van der Waals surface area contributed by atoms with Gasteiger partial charge in [-0.25, -0.2) is 9.97 Å². The molecular weight excluding hydrogens is 403 g/mol. The minimum atomic E-state index is -0.209. The van der Waals surface area contributed by atoms with Gasteiger partial charge in [-0.1, -0.05) is 35.3 Å². The normalized spacial score (nSPS) is 11.1. The van der Waals surface area contributed by atoms with Crippen molar-refractivity contribution < 1.29 is 4.79 Å². The van der Waals surface area contributed by atoms with Gasteiger partial charge in [-0.3, -0.25) is 9.20 Å². The number of imidazole rings is 1. The summed E-state index contributed by atoms with van der Waals surface area (Å²) in [6, 6.07) is 9.24. The van der Waals surface area contributed by atoms with Crippen LogP contribution in [0, 0.1) is 6.92 Å². The van der Waals surface area contributed by atoms with Crippen LogP contribution in [0.2, 0.25) is 10.2 Å². The molecule has 0 bridgehead atoms. The number of rotatable bonds is 4. The van der Waals surface area contributed by atoms with Gasteiger partial charge in [-0.05, 0) is 25.1 Å². The number of thiazole rings is 1. The summed E-state index contributed by atoms with van der Waals surface area (Å²) < 4.78 is 1.98. The standard InChI is InChI=1S/C19H14Cl2N4OS/c1-11-8-15(20)14(18(21)22-11)9-17(26)23-13-4-2-12(3-5-13)16-10-25-6-7-27-19(25)24-16/h2-8,10H,9H2,1H3,(H,23,26). The summed E-state index contributed by atoms with van der Waals surface area (Å²) in [6.45, 7) is 1.80. The molecule has 0 fully saturated rings. The van der Waals surface area contributed by atoms with E-state index in [4.69, 9.17) is 23.2 Å². The van der Waals surface area contributed by atoms with Crippen molar-refractivity contribution in [3.05, 3.63) is 69.5 Å². The number of hydrogen-bond donors (Lipinski definition) is 1. The van der Waals surface area contributed by atoms with Crippen LogP contribution in [0.3, 0.4) is 0 Å². The van der Waals surface area contributed by atoms with E-state index in [9.17, 15) is 4.79 Å². The van der Waals surface area contributed by atoms with E-state index in [-0.39, 0.29) is 17.5 Å². The number of aromatic nitrogens is 3. The van der Waals surface area contributed by atoms with Crippen molar-refractivity contribution in [2.45, 2.75) is 13.3 Å². The van der Waals surface area contributed by atoms with Crippen LogP contribution in [-0.4, -0.2) is 20.3 Å². The third-order valence-corrected chi connectivity index (χ3v) is 5.46. The zero-order valence-electron chi connectivity index (χ0n) is 14.2. The minimum absolute atomic E-state index is 0.0595. The van der Waals surface area contributed by atoms with Crippen LogP contribution in [0.25, 0.3) is 16.2 Å². The number of fused-ring (bicyclic) bond motifs is 1. The SMILES string of the molecule is Cc1cc(Cl)c(CC(=O)Nc2ccc(-c3cn4ccsc4n3)cc2)c(Cl)n1. The van der Waals surface area contributed by atoms with Crippen molar-refractivity contribution in [3.63, 3.8) is 0 Å². The number of carbonyl (C=O) groups is 1. The number of hydrogen-bond acceptors (Lipinski definition) is 4. The molecule has 3 heterocycles. The number of carbonyl (C=O) groups excluding carboxylic acids is 1. The Morgan fingerprint density at radius 3 is 2.70 bits per heavy atom. The molecule has 0 aliphatic carbocycles. The van der Waals surface area contributed by atoms with E-state index in [1.54, 1.807) is 24.3 Å². The third-order valence-electron chi connectivity index (χ3n) is 4.04. The van der Waals surface area contributed by atoms with Gasteiger partial charge in [0.1, 0.15) is 5.15 Å². The van der Waals surface area contributed by atoms with Gasteiger partial charge in [0.15, 0.2) is 4.96 Å². The number of amides is 1. The van der Waals surface area contributed by atoms with Crippen molar-refractivity contribution in [3.8, 4) is 11.3 Å². The van der Waals surface area contributed by atoms with E-state index in [0.717, 1.165) is 16.2 Å². The van der Waals surface area contributed by atoms with Crippen LogP contribution in [0.4, 0.5) is 5.69 Å². The summed E-state index contributed by atoms with van der Waals surface area (Å²) in [5, 5.41) is 5.54. The molecule has 1 N–H and O–H groups in total. The van der Waals surface area contributed by atoms with E-state index in [1.165, 1.54) is 0 Å². The summed E-state index contributed by atoms with van der Waals surface area (Å²) in [5.41, 5.74) is 3.80. The molecule has 0 unspecified atom stereocenters. The Morgan fingerprint density at radius 1 is 1.22 bits per heavy atom. The van der Waals surface area contributed by atoms with E-state index < -0.39 is 0 Å². The van der Waals surface area contributed by atoms with Gasteiger partial charge in [-0.15, -0.1) is 11.3 Å². The molecule has 8 heteroatoms. The molecule has 4 aromatic rings. The summed E-state index contributed by atoms with van der Waals surface area (Å²) in [5.74, 6) is -0.209. The second-order valence-corrected chi connectivity index (χ2v) is 7.67. The van der Waals surface area contributed by atoms with E-state index in [0.29, 0.717) is 22.0 Å². The summed E-state index contributed by atoms with van der Waals surface area (Å²) in [7, 11) is 0. The average Bonchev–Trinajstić information content (AvgIpc) is 3.20. The van der Waals surface area contributed by atoms with Crippen LogP contribution in [0.5, 0.6) is 0 Å². The molecule has 136 valence electrons. The van der Waals surface area contributed by atoms with Crippen LogP contribution < -0.4 is 5.32 Å². The van der Waals surface area contributed by atoms with Crippen LogP contribution >= 0.6 is 34.5 Å². The van der Waals surface area contributed by atoms with Crippen LogP contribution in [0.1, 0.15) is 11.3 Å². The molecule has 4 rings (SSSR count). The number of nitrogens with zero attached hydrogens (tertiary/aromatic N) is 3. The predicted molar refractivity (Wildman–Crippen MR) is 110 cm³/mol. The van der Waals surface area contributed by atoms with Gasteiger partial charge in [0, 0.05) is 45.3 Å². The molecule has 3 aromatic heterocycles. The van der Waals surface area contributed by atoms with E-state index >= 15 is 0 Å². The summed E-state index contributed by atoms with van der Waals surface area (Å²) in [6.07, 6.45) is 4.01. The van der Waals surface area contributed by atoms with Crippen LogP contribution in [0.15, 0.2) is 48.1 Å². The Morgan fingerprint density at radius 2 is 2.00 bits per heavy atom. The number of halogens is 2. The van der Waals surface area contributed by atoms with Crippen molar-refractivity contribution in [2.75, 3.05) is 5.32 Å². The predicted octanol–water partition coefficient (Wildman–Crippen LogP) is 5.25. The number of anilines is 1. The number of nitrogens with one attached hydrogen (secondary N) is 1. The van der Waals surface area contributed by atoms with Crippen LogP contribution in [-0.2, 0) is 11.2 Å². The summed E-state index contributed by atoms with van der Waals surface area (Å²) in [4.78, 5) is 22.0. The van der Waals surface area contributed by atoms with Gasteiger partial charge in [-0.2, -0.15) is 0 Å². The Bertz CT molecular complexity index is 1080. The molecule has 0 aliphatic heterocycles. The zero-order valence-corrected chi connectivity index (χ0v) is 16.6. The zero-order chi connectivity index (χ0) is 19.0. The van der Waals surface area contributed by atoms with Crippen molar-refractivity contribution in [2.24, 2.45) is 0 Å². The lowest BCUT2D eigenvalue weighted by Gasteiger charge is -2.09. The highest BCUT2D eigenvalue weighted by atomic mass is 35.5. The number of benzene rings is 1. The molecule has 0 saturated heterocycles. The first-order valence-corrected chi connectivity index (χ1v) is 9.77. The Balaban J connectivity index is 1.47. The molecule has 0 atom stereocenters. The maximum atomic E-state index is 12.3. The minimum Gasteiger partial charge on any atom is -0.326 e. The first-order valence-electron chi connectivity index (χ1n) is 8.13. The fourth-order valence-corrected chi connectivity index (χ4v) is 4.10. The monoisotopic (exact) mass is 416 g/mol. The van der Waals surface area contributed by atoms with Crippen molar-refractivity contribution in [1.82, 2.24) is 14.4 Å². The maximum Gasteiger partial charge on any atom is 0.228 e. The fraction of sp³-hybridized carbons (Fsp3) is 0.105. The molecule has 1 aromatic carbocycles. The Kier molecular flexibility index (Phi) is 4.86. The Labute approximate surface area is 169 Å². The highest BCUT2D eigenvalue weighted by Gasteiger charge is 2.13. The van der Waals surface area contributed by atoms with Gasteiger partial charge in [0.05, 0.1) is 12.1 Å². The third kappa shape index (κ3) is 3.83. The van der Waals surface area contributed by atoms with Crippen molar-refractivity contribution >= 4 is 51.1 Å². The topological polar surface area (TPSA) is 59.3 Å². The maximum absolute atomic E-state index is 12.3. The van der Waals surface area contributed by atoms with Gasteiger partial charge in [0.25, 0.3) is 0 Å². The molecule has 0 saturated carbocycles. The molecule has 0 spiro atoms. The number of aryl methyl sites for hydroxylation is 1. The van der Waals surface area contributed by atoms with Gasteiger partial charge >= 0.3 is 0 Å². The molecular formula is C19H14Cl2N4OS. The second-order valence-electron chi connectivity index (χ2n) is 6.04. The average molecular weight is 417 g/mol. The lowest BCUT2D eigenvalue weighted by molar-refractivity contribution is -0.115. The molecule has 5 nitrogen and oxygen atoms in total. The Hall–Kier alpha value is -2.41. The largest absolute Gasteiger partial charge is 0.326 e. The van der Waals surface area contributed by atoms with Crippen molar-refractivity contribution in [1.29, 1.82) is 0 Å². The molecule has 0 aliphatic rings. The highest BCUT2D eigenvalue weighted by molar-refractivity contribution is 7.15. The second kappa shape index (κ2) is 7.31. The van der Waals surface area contributed by atoms with Gasteiger partial charge in [0.2, 0.25) is 5.91 Å². The fourth-order valence-electron chi connectivity index (χ4n) is 2.74. The highest BCUT2D eigenvalue weighted by Crippen LogP contribution is 2.26. The quantitative estimate of drug-likeness (QED) is 0.461. The lowest BCUT2D eigenvalue weighted by Crippen LogP contribution is -2.15. The molecule has 27 heavy (non-hydrogen) atoms. The molecule has 0 radical (unpaired) electrons. The summed E-state index contributed by atoms with van der Waals surface area (Å²) >= 11 is 13.9. The van der Waals surface area contributed by atoms with E-state index in [1.807, 2.05) is 46.4 Å². The first-order chi connectivity index (χ1) is 13.0. The van der Waals surface area contributed by atoms with Gasteiger partial charge < -0.3 is 5.32 Å². The lowest BCUT2D eigenvalue weighted by atomic mass is 10.1. The smallest absolute Gasteiger partial charge is 0.228 e.